The third-order valence-electron chi connectivity index (χ3n) is 16.7. The number of ether oxygens (including phenoxy) is 17. The van der Waals surface area contributed by atoms with Crippen LogP contribution < -0.4 is 18.9 Å². The summed E-state index contributed by atoms with van der Waals surface area (Å²) < 4.78 is 98.2. The maximum atomic E-state index is 13.3. The first-order valence-electron chi connectivity index (χ1n) is 37.6. The summed E-state index contributed by atoms with van der Waals surface area (Å²) in [5, 5.41) is 68.2. The van der Waals surface area contributed by atoms with Crippen LogP contribution in [0.3, 0.4) is 0 Å². The number of carbonyl (C=O) groups excluding carboxylic acids is 8. The number of carbonyl (C=O) groups is 8. The van der Waals surface area contributed by atoms with E-state index in [9.17, 15) is 69.0 Å². The van der Waals surface area contributed by atoms with Crippen LogP contribution >= 0.6 is 0 Å². The molecule has 0 heterocycles. The highest BCUT2D eigenvalue weighted by Gasteiger charge is 2.39. The molecular weight excluding hydrogens is 1580 g/mol. The largest absolute Gasteiger partial charge is 0.481 e. The van der Waals surface area contributed by atoms with Gasteiger partial charge < -0.3 is 121 Å². The minimum Gasteiger partial charge on any atom is -0.481 e. The fraction of sp³-hybridized carbons (Fsp3) is 0.409. The zero-order valence-corrected chi connectivity index (χ0v) is 67.4. The van der Waals surface area contributed by atoms with Gasteiger partial charge in [0.1, 0.15) is 126 Å². The zero-order valence-electron chi connectivity index (χ0n) is 67.4. The van der Waals surface area contributed by atoms with Crippen molar-refractivity contribution >= 4 is 47.6 Å². The van der Waals surface area contributed by atoms with Crippen molar-refractivity contribution in [3.8, 4) is 72.4 Å². The van der Waals surface area contributed by atoms with Crippen molar-refractivity contribution in [2.24, 2.45) is 10.8 Å². The first-order valence-corrected chi connectivity index (χ1v) is 37.6. The molecule has 6 atom stereocenters. The summed E-state index contributed by atoms with van der Waals surface area (Å²) in [5.41, 5.74) is -2.52. The first kappa shape index (κ1) is 97.8. The fourth-order valence-corrected chi connectivity index (χ4v) is 10.6. The summed E-state index contributed by atoms with van der Waals surface area (Å²) >= 11 is 0. The Balaban J connectivity index is 1.34. The second kappa shape index (κ2) is 52.8. The number of aliphatic hydroxyl groups is 6. The zero-order chi connectivity index (χ0) is 88.0. The average molecular weight is 1680 g/mol. The van der Waals surface area contributed by atoms with E-state index in [0.717, 1.165) is 0 Å². The van der Waals surface area contributed by atoms with E-state index in [0.29, 0.717) is 0 Å². The highest BCUT2D eigenvalue weighted by molar-refractivity contribution is 5.97. The Morgan fingerprint density at radius 2 is 0.471 bits per heavy atom. The normalized spacial score (nSPS) is 13.4. The van der Waals surface area contributed by atoms with Gasteiger partial charge in [-0.2, -0.15) is 0 Å². The molecule has 0 radical (unpaired) electrons. The molecule has 33 heteroatoms. The van der Waals surface area contributed by atoms with Gasteiger partial charge in [0.2, 0.25) is 0 Å². The van der Waals surface area contributed by atoms with E-state index in [4.69, 9.17) is 106 Å². The molecule has 6 rings (SSSR count). The Hall–Kier alpha value is -12.0. The lowest BCUT2D eigenvalue weighted by Gasteiger charge is -2.37. The molecule has 2 amide bonds. The highest BCUT2D eigenvalue weighted by Crippen LogP contribution is 2.28. The van der Waals surface area contributed by atoms with Crippen molar-refractivity contribution in [2.45, 2.75) is 36.6 Å². The van der Waals surface area contributed by atoms with E-state index in [2.05, 4.69) is 23.7 Å². The Morgan fingerprint density at radius 3 is 0.669 bits per heavy atom. The number of terminal acetylenes is 4. The van der Waals surface area contributed by atoms with E-state index in [1.165, 1.54) is 131 Å². The molecule has 0 aliphatic carbocycles. The lowest BCUT2D eigenvalue weighted by atomic mass is 9.90. The predicted octanol–water partition coefficient (Wildman–Crippen LogP) is 3.83. The van der Waals surface area contributed by atoms with Crippen molar-refractivity contribution in [1.29, 1.82) is 0 Å². The Bertz CT molecular complexity index is 3990. The molecule has 0 aromatic heterocycles. The van der Waals surface area contributed by atoms with Crippen LogP contribution in [-0.2, 0) is 61.6 Å². The molecule has 0 aliphatic rings. The maximum absolute atomic E-state index is 13.3. The molecule has 6 aromatic rings. The highest BCUT2D eigenvalue weighted by atomic mass is 16.6. The molecule has 0 aliphatic heterocycles. The van der Waals surface area contributed by atoms with Gasteiger partial charge in [0, 0.05) is 39.3 Å². The van der Waals surface area contributed by atoms with Crippen LogP contribution in [0.1, 0.15) is 82.9 Å². The molecule has 648 valence electrons. The van der Waals surface area contributed by atoms with Crippen LogP contribution in [0.15, 0.2) is 146 Å². The molecule has 6 N–H and O–H groups in total. The van der Waals surface area contributed by atoms with Crippen LogP contribution in [0.2, 0.25) is 0 Å². The third kappa shape index (κ3) is 35.8. The van der Waals surface area contributed by atoms with Crippen molar-refractivity contribution in [3.63, 3.8) is 0 Å². The molecule has 0 saturated heterocycles. The lowest BCUT2D eigenvalue weighted by molar-refractivity contribution is -0.160. The summed E-state index contributed by atoms with van der Waals surface area (Å²) in [4.78, 5) is 108. The smallest absolute Gasteiger partial charge is 0.338 e. The number of esters is 6. The lowest BCUT2D eigenvalue weighted by Crippen LogP contribution is -2.47. The molecular formula is C88H100N2O31. The van der Waals surface area contributed by atoms with Gasteiger partial charge in [-0.1, -0.05) is 47.9 Å². The molecule has 6 unspecified atom stereocenters. The Kier molecular flexibility index (Phi) is 42.7. The Labute approximate surface area is 700 Å². The summed E-state index contributed by atoms with van der Waals surface area (Å²) in [5.74, 6) is 4.55. The van der Waals surface area contributed by atoms with Gasteiger partial charge in [0.15, 0.2) is 0 Å². The topological polar surface area (TPSA) is 421 Å². The standard InChI is InChI=1S/C88H100N2O31/c1-9-33-112-75-21-13-17-65(37-75)83(101)118-49-71(93)43-107-55-87(56-108-44-72(94)50-119-84(102)66-18-14-22-76(38-66)113-34-10-2,53-105-41-69(91)47-116-81(99)63-29-25-61(26-30-63)79(97)89(5)6)59-111-60-88(57-109-45-73(95)51-120-85(103)67-19-15-23-77(39-67)114-35-11-3,58-110-46-74(96)52-121-86(104)68-20-16-24-78(40-68)115-36-12-4)54-106-42-70(92)48-117-82(100)64-31-27-62(28-32-64)80(98)90(7)8/h1-4,13-32,37-40,69-74,91-96H,33-36,41-60H2,5-8H3. The van der Waals surface area contributed by atoms with Crippen molar-refractivity contribution < 1.29 is 150 Å². The SMILES string of the molecule is C#CCOc1cccc(C(=O)OCC(O)COCC(COCC(O)COC(=O)c2ccc(C(=O)N(C)C)cc2)(COCC(O)COC(=O)c2cccc(OCC#C)c2)COCC(COCC(O)COC(=O)c2ccc(C(=O)N(C)C)cc2)(COCC(O)COC(=O)c2cccc(OCC#C)c2)COCC(O)COC(=O)c2cccc(OCC#C)c2)c1. The van der Waals surface area contributed by atoms with Crippen LogP contribution in [0.5, 0.6) is 23.0 Å². The number of aliphatic hydroxyl groups excluding tert-OH is 6. The number of hydrogen-bond donors (Lipinski definition) is 6. The van der Waals surface area contributed by atoms with Crippen LogP contribution in [-0.4, -0.2) is 311 Å². The molecule has 0 bridgehead atoms. The van der Waals surface area contributed by atoms with E-state index < -0.39 is 215 Å². The fourth-order valence-electron chi connectivity index (χ4n) is 10.6. The molecule has 6 aromatic carbocycles. The number of nitrogens with zero attached hydrogens (tertiary/aromatic N) is 2. The maximum Gasteiger partial charge on any atom is 0.338 e. The number of rotatable bonds is 56. The monoisotopic (exact) mass is 1680 g/mol. The van der Waals surface area contributed by atoms with Crippen molar-refractivity contribution in [3.05, 3.63) is 190 Å². The minimum absolute atomic E-state index is 0.0440. The van der Waals surface area contributed by atoms with Gasteiger partial charge in [-0.25, -0.2) is 28.8 Å². The quantitative estimate of drug-likeness (QED) is 0.0179. The van der Waals surface area contributed by atoms with Crippen LogP contribution in [0, 0.1) is 60.2 Å². The predicted molar refractivity (Wildman–Crippen MR) is 430 cm³/mol. The van der Waals surface area contributed by atoms with Gasteiger partial charge in [-0.05, 0) is 121 Å². The molecule has 121 heavy (non-hydrogen) atoms. The van der Waals surface area contributed by atoms with Gasteiger partial charge in [-0.15, -0.1) is 25.7 Å². The third-order valence-corrected chi connectivity index (χ3v) is 16.7. The van der Waals surface area contributed by atoms with E-state index in [1.54, 1.807) is 52.5 Å². The van der Waals surface area contributed by atoms with Crippen LogP contribution in [0.4, 0.5) is 0 Å². The summed E-state index contributed by atoms with van der Waals surface area (Å²) in [6.45, 7) is -12.0. The van der Waals surface area contributed by atoms with E-state index in [-0.39, 0.29) is 106 Å². The summed E-state index contributed by atoms with van der Waals surface area (Å²) in [6, 6.07) is 34.8. The first-order chi connectivity index (χ1) is 58.2. The van der Waals surface area contributed by atoms with Crippen molar-refractivity contribution in [1.82, 2.24) is 9.80 Å². The molecule has 0 fully saturated rings. The average Bonchev–Trinajstić information content (AvgIpc) is 0.842. The van der Waals surface area contributed by atoms with Gasteiger partial charge >= 0.3 is 35.8 Å². The molecule has 33 nitrogen and oxygen atoms in total. The van der Waals surface area contributed by atoms with E-state index in [1.807, 2.05) is 0 Å². The van der Waals surface area contributed by atoms with Crippen LogP contribution in [0.25, 0.3) is 0 Å². The minimum atomic E-state index is -1.69. The Morgan fingerprint density at radius 1 is 0.281 bits per heavy atom. The summed E-state index contributed by atoms with van der Waals surface area (Å²) in [6.07, 6.45) is 12.2. The van der Waals surface area contributed by atoms with Crippen molar-refractivity contribution in [2.75, 3.05) is 187 Å². The van der Waals surface area contributed by atoms with Gasteiger partial charge in [-0.3, -0.25) is 9.59 Å². The number of benzene rings is 6. The number of amides is 2. The van der Waals surface area contributed by atoms with Gasteiger partial charge in [0.25, 0.3) is 11.8 Å². The molecule has 0 spiro atoms. The number of hydrogen-bond acceptors (Lipinski definition) is 31. The molecule has 0 saturated carbocycles. The second-order valence-corrected chi connectivity index (χ2v) is 27.7. The van der Waals surface area contributed by atoms with E-state index >= 15 is 0 Å². The summed E-state index contributed by atoms with van der Waals surface area (Å²) in [7, 11) is 6.24. The van der Waals surface area contributed by atoms with Gasteiger partial charge in [0.05, 0.1) is 137 Å². The second-order valence-electron chi connectivity index (χ2n) is 27.7.